The predicted molar refractivity (Wildman–Crippen MR) is 55.4 cm³/mol. The maximum absolute atomic E-state index is 8.93. The van der Waals surface area contributed by atoms with Gasteiger partial charge < -0.3 is 10.4 Å². The quantitative estimate of drug-likeness (QED) is 0.688. The molecule has 2 heteroatoms. The van der Waals surface area contributed by atoms with E-state index in [4.69, 9.17) is 5.11 Å². The summed E-state index contributed by atoms with van der Waals surface area (Å²) in [7, 11) is 0. The Balaban J connectivity index is 0. The minimum Gasteiger partial charge on any atom is -0.395 e. The maximum Gasteiger partial charge on any atom is 0.0589 e. The van der Waals surface area contributed by atoms with E-state index in [1.54, 1.807) is 0 Å². The molecule has 0 aromatic rings. The summed E-state index contributed by atoms with van der Waals surface area (Å²) in [5, 5.41) is 12.2. The van der Waals surface area contributed by atoms with Crippen molar-refractivity contribution in [3.63, 3.8) is 0 Å². The summed E-state index contributed by atoms with van der Waals surface area (Å²) in [5.41, 5.74) is 0.157. The summed E-state index contributed by atoms with van der Waals surface area (Å²) in [5.74, 6) is 0. The monoisotopic (exact) mass is 175 g/mol. The van der Waals surface area contributed by atoms with Gasteiger partial charge in [0, 0.05) is 6.04 Å². The van der Waals surface area contributed by atoms with Crippen LogP contribution in [0.25, 0.3) is 0 Å². The van der Waals surface area contributed by atoms with Gasteiger partial charge in [-0.3, -0.25) is 0 Å². The van der Waals surface area contributed by atoms with Crippen LogP contribution < -0.4 is 5.32 Å². The molecule has 0 radical (unpaired) electrons. The molecule has 12 heavy (non-hydrogen) atoms. The Hall–Kier alpha value is -0.0800. The molecule has 0 unspecified atom stereocenters. The Kier molecular flexibility index (Phi) is 9.10. The van der Waals surface area contributed by atoms with Crippen LogP contribution in [0.5, 0.6) is 0 Å². The Morgan fingerprint density at radius 1 is 1.25 bits per heavy atom. The van der Waals surface area contributed by atoms with Gasteiger partial charge in [0.25, 0.3) is 0 Å². The molecule has 0 rings (SSSR count). The van der Waals surface area contributed by atoms with Crippen LogP contribution in [0.3, 0.4) is 0 Å². The molecule has 0 saturated heterocycles. The standard InChI is InChI=1S/C8H19NO.C2H6/c1-5-9-7(6-10)8(2,3)4;1-2/h7,9-10H,5-6H2,1-4H3;1-2H3/t7-;/m1./s1. The minimum absolute atomic E-state index is 0.157. The minimum atomic E-state index is 0.157. The van der Waals surface area contributed by atoms with Gasteiger partial charge in [0.05, 0.1) is 6.61 Å². The van der Waals surface area contributed by atoms with E-state index in [1.165, 1.54) is 0 Å². The third-order valence-electron chi connectivity index (χ3n) is 1.68. The van der Waals surface area contributed by atoms with Crippen LogP contribution in [-0.2, 0) is 0 Å². The smallest absolute Gasteiger partial charge is 0.0589 e. The van der Waals surface area contributed by atoms with Gasteiger partial charge in [0.2, 0.25) is 0 Å². The van der Waals surface area contributed by atoms with Crippen molar-refractivity contribution in [2.45, 2.75) is 47.6 Å². The molecule has 0 fully saturated rings. The first-order valence-corrected chi connectivity index (χ1v) is 4.86. The van der Waals surface area contributed by atoms with Gasteiger partial charge in [-0.05, 0) is 12.0 Å². The van der Waals surface area contributed by atoms with Crippen molar-refractivity contribution in [1.82, 2.24) is 5.32 Å². The molecule has 0 aliphatic heterocycles. The van der Waals surface area contributed by atoms with Crippen molar-refractivity contribution >= 4 is 0 Å². The van der Waals surface area contributed by atoms with E-state index in [0.717, 1.165) is 6.54 Å². The van der Waals surface area contributed by atoms with Crippen LogP contribution in [0.4, 0.5) is 0 Å². The van der Waals surface area contributed by atoms with E-state index in [9.17, 15) is 0 Å². The molecule has 0 aromatic carbocycles. The molecule has 0 amide bonds. The highest BCUT2D eigenvalue weighted by atomic mass is 16.3. The summed E-state index contributed by atoms with van der Waals surface area (Å²) in [6.45, 7) is 13.6. The van der Waals surface area contributed by atoms with Crippen LogP contribution in [-0.4, -0.2) is 24.3 Å². The Bertz CT molecular complexity index is 86.3. The highest BCUT2D eigenvalue weighted by Gasteiger charge is 2.22. The van der Waals surface area contributed by atoms with Gasteiger partial charge in [-0.25, -0.2) is 0 Å². The Morgan fingerprint density at radius 3 is 1.75 bits per heavy atom. The molecule has 0 aliphatic rings. The van der Waals surface area contributed by atoms with Crippen molar-refractivity contribution in [3.05, 3.63) is 0 Å². The van der Waals surface area contributed by atoms with E-state index in [1.807, 2.05) is 13.8 Å². The van der Waals surface area contributed by atoms with Gasteiger partial charge >= 0.3 is 0 Å². The first kappa shape index (κ1) is 14.4. The highest BCUT2D eigenvalue weighted by Crippen LogP contribution is 2.18. The van der Waals surface area contributed by atoms with Crippen molar-refractivity contribution in [1.29, 1.82) is 0 Å². The second-order valence-corrected chi connectivity index (χ2v) is 3.66. The lowest BCUT2D eigenvalue weighted by Crippen LogP contribution is -2.42. The Labute approximate surface area is 77.4 Å². The summed E-state index contributed by atoms with van der Waals surface area (Å²) in [6, 6.07) is 0.220. The van der Waals surface area contributed by atoms with Gasteiger partial charge in [-0.2, -0.15) is 0 Å². The van der Waals surface area contributed by atoms with Crippen LogP contribution in [0, 0.1) is 5.41 Å². The predicted octanol–water partition coefficient (Wildman–Crippen LogP) is 2.03. The van der Waals surface area contributed by atoms with Crippen LogP contribution in [0.1, 0.15) is 41.5 Å². The van der Waals surface area contributed by atoms with E-state index < -0.39 is 0 Å². The van der Waals surface area contributed by atoms with Gasteiger partial charge in [0.15, 0.2) is 0 Å². The highest BCUT2D eigenvalue weighted by molar-refractivity contribution is 4.78. The van der Waals surface area contributed by atoms with E-state index >= 15 is 0 Å². The first-order valence-electron chi connectivity index (χ1n) is 4.86. The molecule has 1 atom stereocenters. The van der Waals surface area contributed by atoms with Crippen LogP contribution in [0.2, 0.25) is 0 Å². The van der Waals surface area contributed by atoms with E-state index in [-0.39, 0.29) is 18.1 Å². The molecule has 2 nitrogen and oxygen atoms in total. The fourth-order valence-corrected chi connectivity index (χ4v) is 0.891. The lowest BCUT2D eigenvalue weighted by atomic mass is 9.87. The normalized spacial score (nSPS) is 13.2. The summed E-state index contributed by atoms with van der Waals surface area (Å²) in [4.78, 5) is 0. The van der Waals surface area contributed by atoms with Crippen molar-refractivity contribution < 1.29 is 5.11 Å². The summed E-state index contributed by atoms with van der Waals surface area (Å²) < 4.78 is 0. The zero-order valence-corrected chi connectivity index (χ0v) is 9.44. The summed E-state index contributed by atoms with van der Waals surface area (Å²) in [6.07, 6.45) is 0. The molecular weight excluding hydrogens is 150 g/mol. The number of rotatable bonds is 3. The number of hydrogen-bond acceptors (Lipinski definition) is 2. The second-order valence-electron chi connectivity index (χ2n) is 3.66. The lowest BCUT2D eigenvalue weighted by Gasteiger charge is -2.29. The second kappa shape index (κ2) is 7.56. The molecule has 76 valence electrons. The van der Waals surface area contributed by atoms with Gasteiger partial charge in [-0.1, -0.05) is 41.5 Å². The third-order valence-corrected chi connectivity index (χ3v) is 1.68. The van der Waals surface area contributed by atoms with Crippen molar-refractivity contribution in [2.75, 3.05) is 13.2 Å². The number of likely N-dealkylation sites (N-methyl/N-ethyl adjacent to an activating group) is 1. The zero-order valence-electron chi connectivity index (χ0n) is 9.44. The number of hydrogen-bond donors (Lipinski definition) is 2. The fraction of sp³-hybridized carbons (Fsp3) is 1.00. The molecule has 0 heterocycles. The zero-order chi connectivity index (χ0) is 10.2. The lowest BCUT2D eigenvalue weighted by molar-refractivity contribution is 0.161. The molecule has 0 aromatic heterocycles. The van der Waals surface area contributed by atoms with Crippen molar-refractivity contribution in [3.8, 4) is 0 Å². The molecular formula is C10H25NO. The molecule has 0 aliphatic carbocycles. The van der Waals surface area contributed by atoms with E-state index in [2.05, 4.69) is 33.0 Å². The molecule has 2 N–H and O–H groups in total. The molecule has 0 saturated carbocycles. The largest absolute Gasteiger partial charge is 0.395 e. The topological polar surface area (TPSA) is 32.3 Å². The van der Waals surface area contributed by atoms with Gasteiger partial charge in [0.1, 0.15) is 0 Å². The molecule has 0 bridgehead atoms. The molecule has 0 spiro atoms. The average molecular weight is 175 g/mol. The summed E-state index contributed by atoms with van der Waals surface area (Å²) >= 11 is 0. The van der Waals surface area contributed by atoms with Crippen molar-refractivity contribution in [2.24, 2.45) is 5.41 Å². The average Bonchev–Trinajstić information content (AvgIpc) is 2.02. The van der Waals surface area contributed by atoms with E-state index in [0.29, 0.717) is 0 Å². The number of aliphatic hydroxyl groups excluding tert-OH is 1. The first-order chi connectivity index (χ1) is 5.52. The SMILES string of the molecule is CC.CCN[C@H](CO)C(C)(C)C. The van der Waals surface area contributed by atoms with Gasteiger partial charge in [-0.15, -0.1) is 0 Å². The maximum atomic E-state index is 8.93. The number of nitrogens with one attached hydrogen (secondary N) is 1. The van der Waals surface area contributed by atoms with Crippen LogP contribution >= 0.6 is 0 Å². The van der Waals surface area contributed by atoms with Crippen LogP contribution in [0.15, 0.2) is 0 Å². The fourth-order valence-electron chi connectivity index (χ4n) is 0.891. The Morgan fingerprint density at radius 2 is 1.67 bits per heavy atom. The number of aliphatic hydroxyl groups is 1. The third kappa shape index (κ3) is 6.62.